The van der Waals surface area contributed by atoms with Crippen molar-refractivity contribution in [2.45, 2.75) is 51.2 Å². The molecule has 1 aliphatic carbocycles. The Labute approximate surface area is 118 Å². The number of hydrogen-bond acceptors (Lipinski definition) is 5. The first kappa shape index (κ1) is 14.7. The fraction of sp³-hybridized carbons (Fsp3) is 0.571. The highest BCUT2D eigenvalue weighted by Gasteiger charge is 2.23. The Bertz CT molecular complexity index is 478. The summed E-state index contributed by atoms with van der Waals surface area (Å²) in [4.78, 5) is 16.4. The lowest BCUT2D eigenvalue weighted by molar-refractivity contribution is 0.0818. The molecule has 1 fully saturated rings. The van der Waals surface area contributed by atoms with Crippen molar-refractivity contribution >= 4 is 11.7 Å². The van der Waals surface area contributed by atoms with Crippen LogP contribution >= 0.6 is 0 Å². The van der Waals surface area contributed by atoms with Crippen LogP contribution < -0.4 is 16.6 Å². The standard InChI is InChI=1S/C14H22N4O2/c1-9-7-10(8-13(16-9)18-15)14(20)17-11-5-3-2-4-6-12(11)19/h7-8,11-12,19H,2-6,15H2,1H3,(H,16,18)(H,17,20). The molecule has 1 aromatic heterocycles. The molecule has 6 heteroatoms. The second-order valence-electron chi connectivity index (χ2n) is 5.31. The number of aromatic nitrogens is 1. The minimum absolute atomic E-state index is 0.173. The lowest BCUT2D eigenvalue weighted by Gasteiger charge is -2.22. The van der Waals surface area contributed by atoms with Gasteiger partial charge in [0.15, 0.2) is 0 Å². The van der Waals surface area contributed by atoms with Gasteiger partial charge in [0.05, 0.1) is 12.1 Å². The Balaban J connectivity index is 2.09. The molecule has 110 valence electrons. The average molecular weight is 278 g/mol. The topological polar surface area (TPSA) is 100 Å². The maximum absolute atomic E-state index is 12.3. The van der Waals surface area contributed by atoms with Crippen LogP contribution in [0.3, 0.4) is 0 Å². The molecular weight excluding hydrogens is 256 g/mol. The second kappa shape index (κ2) is 6.67. The third kappa shape index (κ3) is 3.68. The van der Waals surface area contributed by atoms with Crippen LogP contribution in [0.2, 0.25) is 0 Å². The number of carbonyl (C=O) groups excluding carboxylic acids is 1. The number of aliphatic hydroxyl groups excluding tert-OH is 1. The number of nitrogen functional groups attached to an aromatic ring is 1. The quantitative estimate of drug-likeness (QED) is 0.377. The Hall–Kier alpha value is -1.66. The maximum atomic E-state index is 12.3. The van der Waals surface area contributed by atoms with Gasteiger partial charge in [0.25, 0.3) is 5.91 Å². The number of anilines is 1. The van der Waals surface area contributed by atoms with E-state index in [1.165, 1.54) is 0 Å². The second-order valence-corrected chi connectivity index (χ2v) is 5.31. The summed E-state index contributed by atoms with van der Waals surface area (Å²) in [6, 6.07) is 3.14. The normalized spacial score (nSPS) is 22.9. The van der Waals surface area contributed by atoms with E-state index in [1.807, 2.05) is 0 Å². The summed E-state index contributed by atoms with van der Waals surface area (Å²) in [6.45, 7) is 1.80. The molecule has 0 bridgehead atoms. The Morgan fingerprint density at radius 1 is 1.35 bits per heavy atom. The average Bonchev–Trinajstić information content (AvgIpc) is 2.63. The predicted molar refractivity (Wildman–Crippen MR) is 77.1 cm³/mol. The molecule has 20 heavy (non-hydrogen) atoms. The van der Waals surface area contributed by atoms with Crippen molar-refractivity contribution in [3.63, 3.8) is 0 Å². The predicted octanol–water partition coefficient (Wildman–Crippen LogP) is 1.10. The molecule has 1 aromatic rings. The highest BCUT2D eigenvalue weighted by molar-refractivity contribution is 5.95. The van der Waals surface area contributed by atoms with Crippen LogP contribution in [-0.4, -0.2) is 28.1 Å². The first-order valence-corrected chi connectivity index (χ1v) is 7.04. The number of aryl methyl sites for hydroxylation is 1. The molecule has 1 amide bonds. The van der Waals surface area contributed by atoms with Gasteiger partial charge in [-0.25, -0.2) is 10.8 Å². The molecule has 0 saturated heterocycles. The number of amides is 1. The van der Waals surface area contributed by atoms with Gasteiger partial charge < -0.3 is 15.8 Å². The van der Waals surface area contributed by atoms with E-state index < -0.39 is 6.10 Å². The summed E-state index contributed by atoms with van der Waals surface area (Å²) in [5.74, 6) is 5.59. The van der Waals surface area contributed by atoms with Crippen molar-refractivity contribution in [2.75, 3.05) is 5.43 Å². The number of pyridine rings is 1. The molecule has 5 N–H and O–H groups in total. The van der Waals surface area contributed by atoms with Gasteiger partial charge in [0.2, 0.25) is 0 Å². The van der Waals surface area contributed by atoms with Gasteiger partial charge >= 0.3 is 0 Å². The van der Waals surface area contributed by atoms with Crippen molar-refractivity contribution < 1.29 is 9.90 Å². The van der Waals surface area contributed by atoms with Crippen LogP contribution in [0.25, 0.3) is 0 Å². The van der Waals surface area contributed by atoms with Crippen LogP contribution in [0.15, 0.2) is 12.1 Å². The van der Waals surface area contributed by atoms with E-state index in [0.29, 0.717) is 17.1 Å². The smallest absolute Gasteiger partial charge is 0.251 e. The Morgan fingerprint density at radius 2 is 2.10 bits per heavy atom. The molecule has 0 aliphatic heterocycles. The highest BCUT2D eigenvalue weighted by atomic mass is 16.3. The number of nitrogens with one attached hydrogen (secondary N) is 2. The van der Waals surface area contributed by atoms with E-state index in [0.717, 1.165) is 32.1 Å². The first-order valence-electron chi connectivity index (χ1n) is 7.04. The van der Waals surface area contributed by atoms with Gasteiger partial charge in [-0.05, 0) is 31.9 Å². The summed E-state index contributed by atoms with van der Waals surface area (Å²) in [6.07, 6.45) is 4.26. The zero-order valence-corrected chi connectivity index (χ0v) is 11.7. The van der Waals surface area contributed by atoms with Crippen LogP contribution in [0.5, 0.6) is 0 Å². The molecular formula is C14H22N4O2. The molecule has 0 spiro atoms. The fourth-order valence-electron chi connectivity index (χ4n) is 2.58. The summed E-state index contributed by atoms with van der Waals surface area (Å²) < 4.78 is 0. The zero-order chi connectivity index (χ0) is 14.5. The molecule has 2 unspecified atom stereocenters. The highest BCUT2D eigenvalue weighted by Crippen LogP contribution is 2.19. The van der Waals surface area contributed by atoms with Crippen LogP contribution in [0, 0.1) is 6.92 Å². The van der Waals surface area contributed by atoms with E-state index in [4.69, 9.17) is 5.84 Å². The van der Waals surface area contributed by atoms with Crippen molar-refractivity contribution in [3.05, 3.63) is 23.4 Å². The van der Waals surface area contributed by atoms with E-state index >= 15 is 0 Å². The van der Waals surface area contributed by atoms with Gasteiger partial charge in [-0.15, -0.1) is 0 Å². The van der Waals surface area contributed by atoms with Gasteiger partial charge in [-0.1, -0.05) is 19.3 Å². The van der Waals surface area contributed by atoms with Crippen molar-refractivity contribution in [3.8, 4) is 0 Å². The van der Waals surface area contributed by atoms with E-state index in [-0.39, 0.29) is 11.9 Å². The number of nitrogens with two attached hydrogens (primary N) is 1. The third-order valence-corrected chi connectivity index (χ3v) is 3.66. The van der Waals surface area contributed by atoms with Crippen LogP contribution in [-0.2, 0) is 0 Å². The molecule has 2 atom stereocenters. The Morgan fingerprint density at radius 3 is 2.85 bits per heavy atom. The number of nitrogens with zero attached hydrogens (tertiary/aromatic N) is 1. The maximum Gasteiger partial charge on any atom is 0.251 e. The summed E-state index contributed by atoms with van der Waals surface area (Å²) in [5, 5.41) is 13.0. The lowest BCUT2D eigenvalue weighted by Crippen LogP contribution is -2.42. The van der Waals surface area contributed by atoms with Crippen molar-refractivity contribution in [2.24, 2.45) is 5.84 Å². The molecule has 1 aliphatic rings. The van der Waals surface area contributed by atoms with Gasteiger partial charge in [0, 0.05) is 11.3 Å². The number of hydrazine groups is 1. The molecule has 0 radical (unpaired) electrons. The number of rotatable bonds is 3. The summed E-state index contributed by atoms with van der Waals surface area (Å²) in [7, 11) is 0. The molecule has 1 saturated carbocycles. The van der Waals surface area contributed by atoms with E-state index in [2.05, 4.69) is 15.7 Å². The van der Waals surface area contributed by atoms with Gasteiger partial charge in [0.1, 0.15) is 5.82 Å². The lowest BCUT2D eigenvalue weighted by atomic mass is 10.1. The zero-order valence-electron chi connectivity index (χ0n) is 11.7. The molecule has 1 heterocycles. The number of carbonyl (C=O) groups is 1. The molecule has 2 rings (SSSR count). The summed E-state index contributed by atoms with van der Waals surface area (Å²) in [5.41, 5.74) is 3.66. The fourth-order valence-corrected chi connectivity index (χ4v) is 2.58. The van der Waals surface area contributed by atoms with E-state index in [9.17, 15) is 9.90 Å². The Kier molecular flexibility index (Phi) is 4.92. The van der Waals surface area contributed by atoms with Gasteiger partial charge in [-0.2, -0.15) is 0 Å². The molecule has 6 nitrogen and oxygen atoms in total. The van der Waals surface area contributed by atoms with E-state index in [1.54, 1.807) is 19.1 Å². The van der Waals surface area contributed by atoms with Crippen molar-refractivity contribution in [1.82, 2.24) is 10.3 Å². The number of aliphatic hydroxyl groups is 1. The monoisotopic (exact) mass is 278 g/mol. The summed E-state index contributed by atoms with van der Waals surface area (Å²) >= 11 is 0. The number of hydrogen-bond donors (Lipinski definition) is 4. The largest absolute Gasteiger partial charge is 0.391 e. The van der Waals surface area contributed by atoms with Crippen molar-refractivity contribution in [1.29, 1.82) is 0 Å². The van der Waals surface area contributed by atoms with Crippen LogP contribution in [0.4, 0.5) is 5.82 Å². The third-order valence-electron chi connectivity index (χ3n) is 3.66. The van der Waals surface area contributed by atoms with Crippen LogP contribution in [0.1, 0.15) is 48.2 Å². The minimum Gasteiger partial charge on any atom is -0.391 e. The first-order chi connectivity index (χ1) is 9.60. The SMILES string of the molecule is Cc1cc(C(=O)NC2CCCCCC2O)cc(NN)n1. The van der Waals surface area contributed by atoms with Gasteiger partial charge in [-0.3, -0.25) is 4.79 Å². The minimum atomic E-state index is -0.462. The molecule has 0 aromatic carbocycles.